The van der Waals surface area contributed by atoms with Gasteiger partial charge in [-0.25, -0.2) is 13.8 Å². The minimum absolute atomic E-state index is 0.0413. The van der Waals surface area contributed by atoms with Crippen LogP contribution in [0.5, 0.6) is 5.75 Å². The molecule has 43 heavy (non-hydrogen) atoms. The first-order chi connectivity index (χ1) is 20.9. The lowest BCUT2D eigenvalue weighted by molar-refractivity contribution is -0.148. The first kappa shape index (κ1) is 30.4. The largest absolute Gasteiger partial charge is 0.485 e. The molecule has 3 heterocycles. The highest BCUT2D eigenvalue weighted by Crippen LogP contribution is 2.35. The molecule has 2 aliphatic heterocycles. The van der Waals surface area contributed by atoms with Gasteiger partial charge in [-0.3, -0.25) is 9.69 Å². The SMILES string of the molecule is CCOC(=O)C1CCN(c2cccc(-c3cc(F)cc(F)c3OCc3ccc(C4CCN(CC#N)CC4)cc3C)n2)CC1. The maximum Gasteiger partial charge on any atom is 0.309 e. The predicted octanol–water partition coefficient (Wildman–Crippen LogP) is 6.40. The second kappa shape index (κ2) is 14.0. The lowest BCUT2D eigenvalue weighted by Crippen LogP contribution is -2.37. The lowest BCUT2D eigenvalue weighted by Gasteiger charge is -2.32. The molecule has 2 saturated heterocycles. The molecular formula is C34H38F2N4O3. The molecular weight excluding hydrogens is 550 g/mol. The number of pyridine rings is 1. The van der Waals surface area contributed by atoms with E-state index in [1.165, 1.54) is 11.6 Å². The van der Waals surface area contributed by atoms with Crippen LogP contribution in [0.15, 0.2) is 48.5 Å². The third-order valence-corrected chi connectivity index (χ3v) is 8.55. The summed E-state index contributed by atoms with van der Waals surface area (Å²) in [7, 11) is 0. The van der Waals surface area contributed by atoms with Crippen molar-refractivity contribution in [3.05, 3.63) is 76.9 Å². The van der Waals surface area contributed by atoms with Gasteiger partial charge in [0.1, 0.15) is 18.2 Å². The molecule has 0 amide bonds. The number of piperidine rings is 2. The van der Waals surface area contributed by atoms with Gasteiger partial charge in [0.05, 0.1) is 30.8 Å². The second-order valence-corrected chi connectivity index (χ2v) is 11.3. The number of hydrogen-bond acceptors (Lipinski definition) is 7. The number of nitriles is 1. The summed E-state index contributed by atoms with van der Waals surface area (Å²) < 4.78 is 40.8. The van der Waals surface area contributed by atoms with Crippen molar-refractivity contribution in [2.75, 3.05) is 44.2 Å². The van der Waals surface area contributed by atoms with Crippen LogP contribution in [0.4, 0.5) is 14.6 Å². The highest BCUT2D eigenvalue weighted by atomic mass is 19.1. The Morgan fingerprint density at radius 1 is 1.05 bits per heavy atom. The van der Waals surface area contributed by atoms with E-state index < -0.39 is 11.6 Å². The Bertz CT molecular complexity index is 1470. The number of carbonyl (C=O) groups is 1. The normalized spacial score (nSPS) is 16.6. The van der Waals surface area contributed by atoms with E-state index in [2.05, 4.69) is 28.0 Å². The molecule has 2 aromatic carbocycles. The molecule has 0 saturated carbocycles. The van der Waals surface area contributed by atoms with Crippen LogP contribution in [0.25, 0.3) is 11.3 Å². The van der Waals surface area contributed by atoms with E-state index >= 15 is 4.39 Å². The van der Waals surface area contributed by atoms with Crippen LogP contribution >= 0.6 is 0 Å². The molecule has 0 atom stereocenters. The van der Waals surface area contributed by atoms with Crippen LogP contribution in [0.2, 0.25) is 0 Å². The maximum atomic E-state index is 15.2. The van der Waals surface area contributed by atoms with Crippen molar-refractivity contribution in [2.24, 2.45) is 5.92 Å². The summed E-state index contributed by atoms with van der Waals surface area (Å²) in [4.78, 5) is 21.1. The van der Waals surface area contributed by atoms with Gasteiger partial charge in [-0.1, -0.05) is 24.3 Å². The molecule has 0 unspecified atom stereocenters. The average molecular weight is 589 g/mol. The summed E-state index contributed by atoms with van der Waals surface area (Å²) in [6.45, 7) is 7.88. The van der Waals surface area contributed by atoms with Crippen LogP contribution in [0.3, 0.4) is 0 Å². The molecule has 226 valence electrons. The van der Waals surface area contributed by atoms with E-state index in [0.717, 1.165) is 43.1 Å². The number of aryl methyl sites for hydroxylation is 1. The van der Waals surface area contributed by atoms with Crippen molar-refractivity contribution < 1.29 is 23.0 Å². The number of anilines is 1. The Morgan fingerprint density at radius 2 is 1.81 bits per heavy atom. The molecule has 9 heteroatoms. The van der Waals surface area contributed by atoms with Crippen LogP contribution in [-0.2, 0) is 16.1 Å². The van der Waals surface area contributed by atoms with Crippen LogP contribution in [-0.4, -0.2) is 55.2 Å². The molecule has 5 rings (SSSR count). The molecule has 2 aliphatic rings. The fraction of sp³-hybridized carbons (Fsp3) is 0.441. The Kier molecular flexibility index (Phi) is 9.88. The molecule has 0 aliphatic carbocycles. The molecule has 0 bridgehead atoms. The average Bonchev–Trinajstić information content (AvgIpc) is 3.01. The van der Waals surface area contributed by atoms with E-state index in [4.69, 9.17) is 19.7 Å². The summed E-state index contributed by atoms with van der Waals surface area (Å²) in [5.41, 5.74) is 3.89. The van der Waals surface area contributed by atoms with Gasteiger partial charge in [-0.15, -0.1) is 0 Å². The van der Waals surface area contributed by atoms with E-state index in [1.54, 1.807) is 13.0 Å². The topological polar surface area (TPSA) is 78.7 Å². The molecule has 1 aromatic heterocycles. The molecule has 0 N–H and O–H groups in total. The number of esters is 1. The minimum atomic E-state index is -0.782. The van der Waals surface area contributed by atoms with Gasteiger partial charge >= 0.3 is 5.97 Å². The summed E-state index contributed by atoms with van der Waals surface area (Å²) in [6.07, 6.45) is 3.34. The summed E-state index contributed by atoms with van der Waals surface area (Å²) >= 11 is 0. The molecule has 0 spiro atoms. The molecule has 3 aromatic rings. The number of hydrogen-bond donors (Lipinski definition) is 0. The van der Waals surface area contributed by atoms with Gasteiger partial charge in [-0.05, 0) is 93.4 Å². The standard InChI is InChI=1S/C34H38F2N4O3/c1-3-42-34(41)25-11-16-40(17-12-25)32-6-4-5-31(38-32)29-20-28(35)21-30(36)33(29)43-22-27-8-7-26(19-23(27)2)24-9-14-39(15-10-24)18-13-37/h4-8,19-21,24-25H,3,9-12,14-18,22H2,1-2H3. The van der Waals surface area contributed by atoms with Crippen LogP contribution in [0, 0.1) is 35.8 Å². The number of likely N-dealkylation sites (tertiary alicyclic amines) is 1. The third kappa shape index (κ3) is 7.31. The lowest BCUT2D eigenvalue weighted by atomic mass is 9.88. The summed E-state index contributed by atoms with van der Waals surface area (Å²) in [6, 6.07) is 16.0. The summed E-state index contributed by atoms with van der Waals surface area (Å²) in [5, 5.41) is 8.95. The van der Waals surface area contributed by atoms with Crippen molar-refractivity contribution in [1.29, 1.82) is 5.26 Å². The Hall–Kier alpha value is -4.03. The van der Waals surface area contributed by atoms with Crippen LogP contribution in [0.1, 0.15) is 55.2 Å². The van der Waals surface area contributed by atoms with E-state index in [0.29, 0.717) is 56.5 Å². The highest BCUT2D eigenvalue weighted by molar-refractivity contribution is 5.73. The molecule has 0 radical (unpaired) electrons. The molecule has 2 fully saturated rings. The number of halogens is 2. The van der Waals surface area contributed by atoms with Gasteiger partial charge in [0.25, 0.3) is 0 Å². The van der Waals surface area contributed by atoms with Crippen LogP contribution < -0.4 is 9.64 Å². The van der Waals surface area contributed by atoms with E-state index in [1.807, 2.05) is 25.1 Å². The number of aromatic nitrogens is 1. The quantitative estimate of drug-likeness (QED) is 0.212. The Labute approximate surface area is 252 Å². The fourth-order valence-corrected chi connectivity index (χ4v) is 6.06. The van der Waals surface area contributed by atoms with Gasteiger partial charge in [0, 0.05) is 24.7 Å². The first-order valence-electron chi connectivity index (χ1n) is 15.1. The molecule has 7 nitrogen and oxygen atoms in total. The van der Waals surface area contributed by atoms with E-state index in [9.17, 15) is 9.18 Å². The Balaban J connectivity index is 1.29. The van der Waals surface area contributed by atoms with E-state index in [-0.39, 0.29) is 29.8 Å². The maximum absolute atomic E-state index is 15.2. The van der Waals surface area contributed by atoms with Crippen molar-refractivity contribution in [3.63, 3.8) is 0 Å². The summed E-state index contributed by atoms with van der Waals surface area (Å²) in [5.74, 6) is -0.695. The predicted molar refractivity (Wildman–Crippen MR) is 161 cm³/mol. The number of carbonyl (C=O) groups excluding carboxylic acids is 1. The second-order valence-electron chi connectivity index (χ2n) is 11.3. The zero-order valence-electron chi connectivity index (χ0n) is 24.8. The zero-order chi connectivity index (χ0) is 30.3. The van der Waals surface area contributed by atoms with Gasteiger partial charge in [-0.2, -0.15) is 5.26 Å². The van der Waals surface area contributed by atoms with Crippen molar-refractivity contribution in [1.82, 2.24) is 9.88 Å². The first-order valence-corrected chi connectivity index (χ1v) is 15.1. The highest BCUT2D eigenvalue weighted by Gasteiger charge is 2.27. The minimum Gasteiger partial charge on any atom is -0.485 e. The monoisotopic (exact) mass is 588 g/mol. The van der Waals surface area contributed by atoms with Crippen molar-refractivity contribution in [2.45, 2.75) is 52.1 Å². The number of benzene rings is 2. The van der Waals surface area contributed by atoms with Gasteiger partial charge in [0.2, 0.25) is 0 Å². The Morgan fingerprint density at radius 3 is 2.51 bits per heavy atom. The number of rotatable bonds is 9. The number of ether oxygens (including phenoxy) is 2. The number of nitrogens with zero attached hydrogens (tertiary/aromatic N) is 4. The third-order valence-electron chi connectivity index (χ3n) is 8.55. The smallest absolute Gasteiger partial charge is 0.309 e. The van der Waals surface area contributed by atoms with Gasteiger partial charge < -0.3 is 14.4 Å². The van der Waals surface area contributed by atoms with Gasteiger partial charge in [0.15, 0.2) is 11.6 Å². The van der Waals surface area contributed by atoms with Crippen molar-refractivity contribution >= 4 is 11.8 Å². The fourth-order valence-electron chi connectivity index (χ4n) is 6.06. The van der Waals surface area contributed by atoms with Crippen molar-refractivity contribution in [3.8, 4) is 23.1 Å². The zero-order valence-corrected chi connectivity index (χ0v) is 24.8.